The maximum absolute atomic E-state index is 8.65. The van der Waals surface area contributed by atoms with E-state index in [0.717, 1.165) is 11.4 Å². The molecule has 1 aromatic carbocycles. The molecule has 0 amide bonds. The molecule has 0 aliphatic heterocycles. The molecule has 0 bridgehead atoms. The molecule has 3 heteroatoms. The number of ether oxygens (including phenoxy) is 1. The van der Waals surface area contributed by atoms with Crippen molar-refractivity contribution in [1.82, 2.24) is 0 Å². The molecule has 0 saturated heterocycles. The molecule has 0 saturated carbocycles. The summed E-state index contributed by atoms with van der Waals surface area (Å²) in [6.45, 7) is 4.81. The number of nitrogens with one attached hydrogen (secondary N) is 1. The predicted molar refractivity (Wildman–Crippen MR) is 71.6 cm³/mol. The van der Waals surface area contributed by atoms with E-state index in [4.69, 9.17) is 9.84 Å². The van der Waals surface area contributed by atoms with Crippen LogP contribution in [0.5, 0.6) is 5.75 Å². The summed E-state index contributed by atoms with van der Waals surface area (Å²) in [5, 5.41) is 12.1. The van der Waals surface area contributed by atoms with Crippen LogP contribution in [0.3, 0.4) is 0 Å². The van der Waals surface area contributed by atoms with Crippen molar-refractivity contribution in [3.8, 4) is 5.75 Å². The van der Waals surface area contributed by atoms with Crippen molar-refractivity contribution in [1.29, 1.82) is 0 Å². The molecule has 1 aromatic rings. The Morgan fingerprint density at radius 2 is 2.00 bits per heavy atom. The smallest absolute Gasteiger partial charge is 0.119 e. The maximum atomic E-state index is 8.65. The molecule has 0 aliphatic rings. The van der Waals surface area contributed by atoms with Gasteiger partial charge in [0.2, 0.25) is 0 Å². The minimum Gasteiger partial charge on any atom is -0.491 e. The van der Waals surface area contributed by atoms with Crippen LogP contribution < -0.4 is 10.1 Å². The highest BCUT2D eigenvalue weighted by Gasteiger charge is 2.01. The fraction of sp³-hybridized carbons (Fsp3) is 0.571. The van der Waals surface area contributed by atoms with Crippen molar-refractivity contribution >= 4 is 5.69 Å². The first-order valence-electron chi connectivity index (χ1n) is 6.36. The highest BCUT2D eigenvalue weighted by atomic mass is 16.5. The van der Waals surface area contributed by atoms with Crippen molar-refractivity contribution in [3.63, 3.8) is 0 Å². The van der Waals surface area contributed by atoms with E-state index >= 15 is 0 Å². The summed E-state index contributed by atoms with van der Waals surface area (Å²) in [5.41, 5.74) is 1.12. The van der Waals surface area contributed by atoms with Crippen LogP contribution in [0, 0.1) is 0 Å². The molecule has 2 N–H and O–H groups in total. The van der Waals surface area contributed by atoms with E-state index in [0.29, 0.717) is 12.6 Å². The van der Waals surface area contributed by atoms with E-state index in [1.54, 1.807) is 0 Å². The lowest BCUT2D eigenvalue weighted by molar-refractivity contribution is 0.201. The summed E-state index contributed by atoms with van der Waals surface area (Å²) in [7, 11) is 0. The molecule has 1 atom stereocenters. The first kappa shape index (κ1) is 13.8. The molecule has 3 nitrogen and oxygen atoms in total. The molecule has 0 fully saturated rings. The monoisotopic (exact) mass is 237 g/mol. The van der Waals surface area contributed by atoms with Crippen LogP contribution in [-0.4, -0.2) is 24.4 Å². The molecule has 96 valence electrons. The average Bonchev–Trinajstić information content (AvgIpc) is 2.35. The van der Waals surface area contributed by atoms with E-state index in [-0.39, 0.29) is 6.61 Å². The number of unbranched alkanes of at least 4 members (excludes halogenated alkanes) is 1. The Labute approximate surface area is 104 Å². The second-order valence-corrected chi connectivity index (χ2v) is 4.28. The topological polar surface area (TPSA) is 41.5 Å². The molecule has 0 radical (unpaired) electrons. The van der Waals surface area contributed by atoms with Crippen molar-refractivity contribution in [2.45, 2.75) is 39.2 Å². The minimum atomic E-state index is 0.0497. The van der Waals surface area contributed by atoms with Gasteiger partial charge in [-0.05, 0) is 37.6 Å². The molecule has 0 aromatic heterocycles. The SMILES string of the molecule is CCCCC(C)Nc1ccc(OCCO)cc1. The Bertz CT molecular complexity index is 298. The van der Waals surface area contributed by atoms with E-state index in [1.807, 2.05) is 24.3 Å². The van der Waals surface area contributed by atoms with Crippen LogP contribution in [0.2, 0.25) is 0 Å². The Hall–Kier alpha value is -1.22. The number of benzene rings is 1. The molecule has 0 spiro atoms. The molecule has 0 heterocycles. The Balaban J connectivity index is 2.39. The normalized spacial score (nSPS) is 12.2. The quantitative estimate of drug-likeness (QED) is 0.730. The van der Waals surface area contributed by atoms with E-state index in [1.165, 1.54) is 19.3 Å². The van der Waals surface area contributed by atoms with Gasteiger partial charge in [0, 0.05) is 11.7 Å². The standard InChI is InChI=1S/C14H23NO2/c1-3-4-5-12(2)15-13-6-8-14(9-7-13)17-11-10-16/h6-9,12,15-16H,3-5,10-11H2,1-2H3. The second kappa shape index (κ2) is 7.96. The zero-order valence-electron chi connectivity index (χ0n) is 10.8. The second-order valence-electron chi connectivity index (χ2n) is 4.28. The van der Waals surface area contributed by atoms with Crippen LogP contribution in [0.25, 0.3) is 0 Å². The van der Waals surface area contributed by atoms with Gasteiger partial charge in [-0.15, -0.1) is 0 Å². The summed E-state index contributed by atoms with van der Waals surface area (Å²) in [4.78, 5) is 0. The summed E-state index contributed by atoms with van der Waals surface area (Å²) in [6, 6.07) is 8.36. The number of hydrogen-bond donors (Lipinski definition) is 2. The molecule has 1 unspecified atom stereocenters. The number of anilines is 1. The van der Waals surface area contributed by atoms with Crippen LogP contribution in [0.4, 0.5) is 5.69 Å². The van der Waals surface area contributed by atoms with Gasteiger partial charge in [-0.2, -0.15) is 0 Å². The highest BCUT2D eigenvalue weighted by molar-refractivity contribution is 5.46. The molecular formula is C14H23NO2. The van der Waals surface area contributed by atoms with Gasteiger partial charge in [0.1, 0.15) is 12.4 Å². The van der Waals surface area contributed by atoms with Gasteiger partial charge in [-0.3, -0.25) is 0 Å². The van der Waals surface area contributed by atoms with Gasteiger partial charge in [-0.25, -0.2) is 0 Å². The third-order valence-corrected chi connectivity index (χ3v) is 2.62. The van der Waals surface area contributed by atoms with E-state index in [9.17, 15) is 0 Å². The van der Waals surface area contributed by atoms with Gasteiger partial charge in [0.05, 0.1) is 6.61 Å². The zero-order valence-corrected chi connectivity index (χ0v) is 10.8. The van der Waals surface area contributed by atoms with Gasteiger partial charge >= 0.3 is 0 Å². The van der Waals surface area contributed by atoms with Crippen LogP contribution >= 0.6 is 0 Å². The predicted octanol–water partition coefficient (Wildman–Crippen LogP) is 3.05. The lowest BCUT2D eigenvalue weighted by atomic mass is 10.1. The highest BCUT2D eigenvalue weighted by Crippen LogP contribution is 2.17. The number of rotatable bonds is 8. The molecule has 17 heavy (non-hydrogen) atoms. The third kappa shape index (κ3) is 5.59. The summed E-state index contributed by atoms with van der Waals surface area (Å²) >= 11 is 0. The van der Waals surface area contributed by atoms with Crippen LogP contribution in [0.15, 0.2) is 24.3 Å². The summed E-state index contributed by atoms with van der Waals surface area (Å²) in [6.07, 6.45) is 3.69. The molecule has 0 aliphatic carbocycles. The van der Waals surface area contributed by atoms with Crippen molar-refractivity contribution in [2.75, 3.05) is 18.5 Å². The first-order valence-corrected chi connectivity index (χ1v) is 6.36. The van der Waals surface area contributed by atoms with Gasteiger partial charge in [0.25, 0.3) is 0 Å². The van der Waals surface area contributed by atoms with Gasteiger partial charge in [-0.1, -0.05) is 19.8 Å². The Morgan fingerprint density at radius 3 is 2.59 bits per heavy atom. The first-order chi connectivity index (χ1) is 8.26. The number of aliphatic hydroxyl groups is 1. The third-order valence-electron chi connectivity index (χ3n) is 2.62. The fourth-order valence-corrected chi connectivity index (χ4v) is 1.68. The zero-order chi connectivity index (χ0) is 12.5. The van der Waals surface area contributed by atoms with E-state index in [2.05, 4.69) is 19.2 Å². The van der Waals surface area contributed by atoms with Crippen molar-refractivity contribution in [3.05, 3.63) is 24.3 Å². The Kier molecular flexibility index (Phi) is 6.48. The van der Waals surface area contributed by atoms with Crippen LogP contribution in [-0.2, 0) is 0 Å². The Morgan fingerprint density at radius 1 is 1.29 bits per heavy atom. The lowest BCUT2D eigenvalue weighted by Crippen LogP contribution is -2.14. The largest absolute Gasteiger partial charge is 0.491 e. The number of aliphatic hydroxyl groups excluding tert-OH is 1. The van der Waals surface area contributed by atoms with Crippen molar-refractivity contribution in [2.24, 2.45) is 0 Å². The van der Waals surface area contributed by atoms with Crippen molar-refractivity contribution < 1.29 is 9.84 Å². The van der Waals surface area contributed by atoms with Gasteiger partial charge in [0.15, 0.2) is 0 Å². The maximum Gasteiger partial charge on any atom is 0.119 e. The van der Waals surface area contributed by atoms with E-state index < -0.39 is 0 Å². The summed E-state index contributed by atoms with van der Waals surface area (Å²) < 4.78 is 5.30. The average molecular weight is 237 g/mol. The summed E-state index contributed by atoms with van der Waals surface area (Å²) in [5.74, 6) is 0.797. The lowest BCUT2D eigenvalue weighted by Gasteiger charge is -2.15. The molecule has 1 rings (SSSR count). The fourth-order valence-electron chi connectivity index (χ4n) is 1.68. The van der Waals surface area contributed by atoms with Gasteiger partial charge < -0.3 is 15.2 Å². The minimum absolute atomic E-state index is 0.0497. The molecular weight excluding hydrogens is 214 g/mol. The number of hydrogen-bond acceptors (Lipinski definition) is 3. The van der Waals surface area contributed by atoms with Crippen LogP contribution in [0.1, 0.15) is 33.1 Å².